The molecule has 1 N–H and O–H groups in total. The predicted molar refractivity (Wildman–Crippen MR) is 104 cm³/mol. The topological polar surface area (TPSA) is 85.4 Å². The molecule has 0 aromatic rings. The second-order valence-corrected chi connectivity index (χ2v) is 11.5. The summed E-state index contributed by atoms with van der Waals surface area (Å²) in [6.07, 6.45) is 8.17. The van der Waals surface area contributed by atoms with E-state index in [0.29, 0.717) is 18.8 Å². The van der Waals surface area contributed by atoms with Crippen molar-refractivity contribution < 1.29 is 28.9 Å². The molecule has 6 heteroatoms. The Labute approximate surface area is 176 Å². The highest BCUT2D eigenvalue weighted by molar-refractivity contribution is 5.92. The van der Waals surface area contributed by atoms with Crippen LogP contribution in [-0.2, 0) is 23.8 Å². The van der Waals surface area contributed by atoms with Crippen LogP contribution in [0, 0.1) is 28.1 Å². The average molecular weight is 414 g/mol. The van der Waals surface area contributed by atoms with Crippen molar-refractivity contribution in [2.24, 2.45) is 28.1 Å². The molecular weight excluding hydrogens is 384 g/mol. The van der Waals surface area contributed by atoms with Crippen LogP contribution in [0.1, 0.15) is 64.7 Å². The van der Waals surface area contributed by atoms with Crippen LogP contribution in [-0.4, -0.2) is 47.6 Å². The Balaban J connectivity index is 1.40. The number of ketones is 1. The number of aliphatic hydroxyl groups excluding tert-OH is 1. The molecule has 6 nitrogen and oxygen atoms in total. The molecule has 4 saturated carbocycles. The maximum absolute atomic E-state index is 12.3. The average Bonchev–Trinajstić information content (AvgIpc) is 2.97. The first kappa shape index (κ1) is 18.3. The zero-order valence-corrected chi connectivity index (χ0v) is 17.7. The third-order valence-corrected chi connectivity index (χ3v) is 11.0. The molecule has 3 spiro atoms. The lowest BCUT2D eigenvalue weighted by Gasteiger charge is -2.55. The third kappa shape index (κ3) is 1.62. The Kier molecular flexibility index (Phi) is 3.09. The molecule has 7 rings (SSSR count). The molecule has 2 heterocycles. The Morgan fingerprint density at radius 3 is 2.80 bits per heavy atom. The Morgan fingerprint density at radius 1 is 1.23 bits per heavy atom. The standard InChI is InChI=1S/C24H30O6/c1-20-11-16-24(29-16)18(15(20)4-7-23(20)8-5-17(26)30-23)21(19(27)28-2)10-13-9-14(25)3-6-22(13,24)12-21/h9,15-16,18-19,27H,3-8,10-12H2,1-2H3/t15-,16+,18+,19?,20-,21+,22+,23+,24+/m0/s1. The van der Waals surface area contributed by atoms with Gasteiger partial charge in [-0.05, 0) is 56.9 Å². The summed E-state index contributed by atoms with van der Waals surface area (Å²) in [7, 11) is 1.58. The van der Waals surface area contributed by atoms with Crippen molar-refractivity contribution in [3.63, 3.8) is 0 Å². The number of aliphatic hydroxyl groups is 1. The molecule has 30 heavy (non-hydrogen) atoms. The van der Waals surface area contributed by atoms with E-state index in [1.54, 1.807) is 7.11 Å². The second kappa shape index (κ2) is 5.05. The number of carbonyl (C=O) groups excluding carboxylic acids is 2. The monoisotopic (exact) mass is 414 g/mol. The van der Waals surface area contributed by atoms with Crippen molar-refractivity contribution in [2.45, 2.75) is 88.3 Å². The van der Waals surface area contributed by atoms with Crippen LogP contribution >= 0.6 is 0 Å². The van der Waals surface area contributed by atoms with Crippen LogP contribution in [0.15, 0.2) is 11.6 Å². The van der Waals surface area contributed by atoms with Crippen LogP contribution in [0.4, 0.5) is 0 Å². The minimum Gasteiger partial charge on any atom is -0.458 e. The SMILES string of the molecule is COC(O)[C@]12CC3=CC(=O)CC[C@]3(C1)[C@@]13O[C@@H]1C[C@@]1(C)[C@@H](CC[C@@]14CCC(=O)O4)[C@H]23. The number of esters is 1. The quantitative estimate of drug-likeness (QED) is 0.425. The van der Waals surface area contributed by atoms with Gasteiger partial charge in [0.1, 0.15) is 11.2 Å². The first-order chi connectivity index (χ1) is 14.3. The van der Waals surface area contributed by atoms with Crippen molar-refractivity contribution in [3.05, 3.63) is 11.6 Å². The van der Waals surface area contributed by atoms with Crippen molar-refractivity contribution in [3.8, 4) is 0 Å². The molecule has 2 saturated heterocycles. The molecule has 0 radical (unpaired) electrons. The van der Waals surface area contributed by atoms with Gasteiger partial charge in [-0.3, -0.25) is 9.59 Å². The number of fused-ring (bicyclic) bond motifs is 5. The number of methoxy groups -OCH3 is 1. The minimum absolute atomic E-state index is 0.0698. The van der Waals surface area contributed by atoms with Crippen LogP contribution in [0.5, 0.6) is 0 Å². The highest BCUT2D eigenvalue weighted by Gasteiger charge is 2.91. The van der Waals surface area contributed by atoms with Gasteiger partial charge in [0.25, 0.3) is 0 Å². The number of epoxide rings is 1. The first-order valence-corrected chi connectivity index (χ1v) is 11.6. The van der Waals surface area contributed by atoms with E-state index in [0.717, 1.165) is 44.9 Å². The van der Waals surface area contributed by atoms with Gasteiger partial charge in [-0.25, -0.2) is 0 Å². The van der Waals surface area contributed by atoms with E-state index in [1.807, 2.05) is 6.08 Å². The van der Waals surface area contributed by atoms with Gasteiger partial charge < -0.3 is 19.3 Å². The molecule has 162 valence electrons. The fraction of sp³-hybridized carbons (Fsp3) is 0.833. The van der Waals surface area contributed by atoms with E-state index in [4.69, 9.17) is 14.2 Å². The predicted octanol–water partition coefficient (Wildman–Crippen LogP) is 2.67. The van der Waals surface area contributed by atoms with Gasteiger partial charge in [-0.2, -0.15) is 0 Å². The molecule has 5 aliphatic carbocycles. The largest absolute Gasteiger partial charge is 0.458 e. The van der Waals surface area contributed by atoms with Crippen molar-refractivity contribution in [1.29, 1.82) is 0 Å². The number of carbonyl (C=O) groups is 2. The lowest BCUT2D eigenvalue weighted by molar-refractivity contribution is -0.199. The van der Waals surface area contributed by atoms with Gasteiger partial charge >= 0.3 is 5.97 Å². The van der Waals surface area contributed by atoms with Crippen LogP contribution in [0.25, 0.3) is 0 Å². The van der Waals surface area contributed by atoms with Crippen molar-refractivity contribution >= 4 is 11.8 Å². The summed E-state index contributed by atoms with van der Waals surface area (Å²) < 4.78 is 18.4. The van der Waals surface area contributed by atoms with E-state index in [9.17, 15) is 14.7 Å². The molecule has 2 aliphatic heterocycles. The number of hydrogen-bond acceptors (Lipinski definition) is 6. The molecule has 0 aromatic carbocycles. The summed E-state index contributed by atoms with van der Waals surface area (Å²) in [6.45, 7) is 2.31. The van der Waals surface area contributed by atoms with Crippen LogP contribution < -0.4 is 0 Å². The Bertz CT molecular complexity index is 927. The number of ether oxygens (including phenoxy) is 3. The van der Waals surface area contributed by atoms with E-state index in [-0.39, 0.29) is 45.8 Å². The maximum atomic E-state index is 12.3. The summed E-state index contributed by atoms with van der Waals surface area (Å²) in [6, 6.07) is 0. The van der Waals surface area contributed by atoms with Gasteiger partial charge in [0.2, 0.25) is 0 Å². The van der Waals surface area contributed by atoms with Gasteiger partial charge in [0.05, 0.1) is 6.10 Å². The highest BCUT2D eigenvalue weighted by atomic mass is 16.6. The summed E-state index contributed by atoms with van der Waals surface area (Å²) >= 11 is 0. The maximum Gasteiger partial charge on any atom is 0.306 e. The molecule has 6 fully saturated rings. The van der Waals surface area contributed by atoms with Gasteiger partial charge in [0, 0.05) is 42.1 Å². The van der Waals surface area contributed by atoms with E-state index < -0.39 is 11.7 Å². The molecule has 0 aromatic heterocycles. The normalized spacial score (nSPS) is 58.1. The smallest absolute Gasteiger partial charge is 0.306 e. The Morgan fingerprint density at radius 2 is 2.07 bits per heavy atom. The molecule has 1 unspecified atom stereocenters. The minimum atomic E-state index is -0.879. The molecular formula is C24H30O6. The Hall–Kier alpha value is -1.24. The van der Waals surface area contributed by atoms with Gasteiger partial charge in [-0.15, -0.1) is 0 Å². The molecule has 9 atom stereocenters. The van der Waals surface area contributed by atoms with Crippen molar-refractivity contribution in [2.75, 3.05) is 7.11 Å². The zero-order valence-electron chi connectivity index (χ0n) is 17.7. The van der Waals surface area contributed by atoms with Gasteiger partial charge in [0.15, 0.2) is 12.1 Å². The summed E-state index contributed by atoms with van der Waals surface area (Å²) in [4.78, 5) is 24.4. The summed E-state index contributed by atoms with van der Waals surface area (Å²) in [5.41, 5.74) is -0.177. The molecule has 7 aliphatic rings. The second-order valence-electron chi connectivity index (χ2n) is 11.5. The third-order valence-electron chi connectivity index (χ3n) is 11.0. The summed E-state index contributed by atoms with van der Waals surface area (Å²) in [5.74, 6) is 0.631. The van der Waals surface area contributed by atoms with E-state index in [1.165, 1.54) is 5.57 Å². The number of rotatable bonds is 2. The fourth-order valence-electron chi connectivity index (χ4n) is 9.97. The van der Waals surface area contributed by atoms with E-state index >= 15 is 0 Å². The van der Waals surface area contributed by atoms with E-state index in [2.05, 4.69) is 6.92 Å². The van der Waals surface area contributed by atoms with Crippen molar-refractivity contribution in [1.82, 2.24) is 0 Å². The zero-order chi connectivity index (χ0) is 20.7. The molecule has 0 amide bonds. The lowest BCUT2D eigenvalue weighted by atomic mass is 9.47. The van der Waals surface area contributed by atoms with Crippen LogP contribution in [0.3, 0.4) is 0 Å². The first-order valence-electron chi connectivity index (χ1n) is 11.6. The molecule has 2 bridgehead atoms. The summed E-state index contributed by atoms with van der Waals surface area (Å²) in [5, 5.41) is 11.2. The van der Waals surface area contributed by atoms with Crippen LogP contribution in [0.2, 0.25) is 0 Å². The lowest BCUT2D eigenvalue weighted by Crippen LogP contribution is -2.60. The number of hydrogen-bond donors (Lipinski definition) is 1. The van der Waals surface area contributed by atoms with Gasteiger partial charge in [-0.1, -0.05) is 12.5 Å². The highest BCUT2D eigenvalue weighted by Crippen LogP contribution is 2.87. The fourth-order valence-corrected chi connectivity index (χ4v) is 9.97.